The van der Waals surface area contributed by atoms with E-state index in [4.69, 9.17) is 0 Å². The van der Waals surface area contributed by atoms with E-state index in [9.17, 15) is 18.0 Å². The van der Waals surface area contributed by atoms with Crippen molar-refractivity contribution in [3.05, 3.63) is 59.7 Å². The maximum Gasteiger partial charge on any atom is 0.416 e. The minimum atomic E-state index is -4.43. The summed E-state index contributed by atoms with van der Waals surface area (Å²) < 4.78 is 38.1. The van der Waals surface area contributed by atoms with Crippen molar-refractivity contribution in [1.82, 2.24) is 0 Å². The number of benzene rings is 2. The van der Waals surface area contributed by atoms with Gasteiger partial charge in [0.1, 0.15) is 0 Å². The smallest absolute Gasteiger partial charge is 0.371 e. The molecular formula is C19H21F3N2O. The Hall–Kier alpha value is -2.50. The number of halogens is 3. The second kappa shape index (κ2) is 8.05. The summed E-state index contributed by atoms with van der Waals surface area (Å²) in [6.07, 6.45) is -4.23. The Kier molecular flexibility index (Phi) is 6.07. The van der Waals surface area contributed by atoms with Gasteiger partial charge >= 0.3 is 6.18 Å². The van der Waals surface area contributed by atoms with Gasteiger partial charge in [-0.05, 0) is 49.7 Å². The topological polar surface area (TPSA) is 32.3 Å². The minimum absolute atomic E-state index is 0.151. The van der Waals surface area contributed by atoms with Gasteiger partial charge in [-0.2, -0.15) is 13.2 Å². The third-order valence-electron chi connectivity index (χ3n) is 3.83. The molecular weight excluding hydrogens is 329 g/mol. The molecule has 0 radical (unpaired) electrons. The van der Waals surface area contributed by atoms with Gasteiger partial charge in [0.15, 0.2) is 0 Å². The molecule has 2 rings (SSSR count). The number of carbonyl (C=O) groups is 1. The number of alkyl halides is 3. The molecule has 6 heteroatoms. The van der Waals surface area contributed by atoms with Crippen LogP contribution in [0.5, 0.6) is 0 Å². The molecule has 0 aliphatic carbocycles. The number of nitrogens with zero attached hydrogens (tertiary/aromatic N) is 1. The standard InChI is InChI=1S/C19H21F3N2O/c1-3-24(17-9-4-6-14(2)12-17)11-10-18(25)23-16-8-5-7-15(13-16)19(20,21)22/h4-9,12-13H,3,10-11H2,1-2H3,(H,23,25). The summed E-state index contributed by atoms with van der Waals surface area (Å²) in [6, 6.07) is 12.6. The van der Waals surface area contributed by atoms with Gasteiger partial charge < -0.3 is 10.2 Å². The van der Waals surface area contributed by atoms with Crippen molar-refractivity contribution in [2.24, 2.45) is 0 Å². The van der Waals surface area contributed by atoms with Crippen molar-refractivity contribution in [2.75, 3.05) is 23.3 Å². The monoisotopic (exact) mass is 350 g/mol. The molecule has 0 aliphatic heterocycles. The summed E-state index contributed by atoms with van der Waals surface area (Å²) in [5, 5.41) is 2.53. The molecule has 3 nitrogen and oxygen atoms in total. The van der Waals surface area contributed by atoms with E-state index in [0.29, 0.717) is 6.54 Å². The Morgan fingerprint density at radius 2 is 1.84 bits per heavy atom. The molecule has 0 bridgehead atoms. The summed E-state index contributed by atoms with van der Waals surface area (Å²) in [4.78, 5) is 14.1. The van der Waals surface area contributed by atoms with Crippen LogP contribution < -0.4 is 10.2 Å². The zero-order valence-corrected chi connectivity index (χ0v) is 14.2. The van der Waals surface area contributed by atoms with Crippen LogP contribution in [0, 0.1) is 6.92 Å². The van der Waals surface area contributed by atoms with Crippen LogP contribution in [-0.4, -0.2) is 19.0 Å². The van der Waals surface area contributed by atoms with E-state index >= 15 is 0 Å². The first-order valence-corrected chi connectivity index (χ1v) is 8.08. The highest BCUT2D eigenvalue weighted by atomic mass is 19.4. The van der Waals surface area contributed by atoms with E-state index in [1.807, 2.05) is 38.1 Å². The molecule has 134 valence electrons. The van der Waals surface area contributed by atoms with Gasteiger partial charge in [0.05, 0.1) is 5.56 Å². The van der Waals surface area contributed by atoms with Gasteiger partial charge in [0.2, 0.25) is 5.91 Å². The first-order valence-electron chi connectivity index (χ1n) is 8.08. The van der Waals surface area contributed by atoms with E-state index < -0.39 is 11.7 Å². The first-order chi connectivity index (χ1) is 11.8. The fraction of sp³-hybridized carbons (Fsp3) is 0.316. The van der Waals surface area contributed by atoms with Gasteiger partial charge in [-0.1, -0.05) is 18.2 Å². The Balaban J connectivity index is 1.96. The summed E-state index contributed by atoms with van der Waals surface area (Å²) in [6.45, 7) is 5.22. The summed E-state index contributed by atoms with van der Waals surface area (Å²) in [5.74, 6) is -0.314. The van der Waals surface area contributed by atoms with Crippen LogP contribution in [0.25, 0.3) is 0 Å². The number of rotatable bonds is 6. The summed E-state index contributed by atoms with van der Waals surface area (Å²) >= 11 is 0. The largest absolute Gasteiger partial charge is 0.416 e. The predicted octanol–water partition coefficient (Wildman–Crippen LogP) is 4.87. The lowest BCUT2D eigenvalue weighted by molar-refractivity contribution is -0.137. The van der Waals surface area contributed by atoms with Crippen LogP contribution in [-0.2, 0) is 11.0 Å². The van der Waals surface area contributed by atoms with Crippen molar-refractivity contribution in [3.8, 4) is 0 Å². The maximum absolute atomic E-state index is 12.7. The molecule has 0 heterocycles. The highest BCUT2D eigenvalue weighted by Gasteiger charge is 2.30. The highest BCUT2D eigenvalue weighted by Crippen LogP contribution is 2.30. The minimum Gasteiger partial charge on any atom is -0.371 e. The van der Waals surface area contributed by atoms with Crippen molar-refractivity contribution < 1.29 is 18.0 Å². The Morgan fingerprint density at radius 3 is 2.48 bits per heavy atom. The molecule has 0 unspecified atom stereocenters. The second-order valence-corrected chi connectivity index (χ2v) is 5.80. The number of carbonyl (C=O) groups excluding carboxylic acids is 1. The van der Waals surface area contributed by atoms with E-state index in [-0.39, 0.29) is 18.0 Å². The lowest BCUT2D eigenvalue weighted by Crippen LogP contribution is -2.27. The Morgan fingerprint density at radius 1 is 1.12 bits per heavy atom. The van der Waals surface area contributed by atoms with Gasteiger partial charge in [-0.3, -0.25) is 4.79 Å². The third kappa shape index (κ3) is 5.52. The summed E-state index contributed by atoms with van der Waals surface area (Å²) in [7, 11) is 0. The van der Waals surface area contributed by atoms with Crippen molar-refractivity contribution in [1.29, 1.82) is 0 Å². The molecule has 25 heavy (non-hydrogen) atoms. The zero-order chi connectivity index (χ0) is 18.4. The Bertz CT molecular complexity index is 729. The van der Waals surface area contributed by atoms with Crippen LogP contribution in [0.1, 0.15) is 24.5 Å². The normalized spacial score (nSPS) is 11.2. The molecule has 0 aliphatic rings. The highest BCUT2D eigenvalue weighted by molar-refractivity contribution is 5.91. The molecule has 1 N–H and O–H groups in total. The van der Waals surface area contributed by atoms with Crippen molar-refractivity contribution >= 4 is 17.3 Å². The van der Waals surface area contributed by atoms with Crippen LogP contribution in [0.15, 0.2) is 48.5 Å². The number of aryl methyl sites for hydroxylation is 1. The molecule has 0 fully saturated rings. The van der Waals surface area contributed by atoms with Crippen molar-refractivity contribution in [2.45, 2.75) is 26.4 Å². The first kappa shape index (κ1) is 18.8. The fourth-order valence-corrected chi connectivity index (χ4v) is 2.53. The molecule has 2 aromatic carbocycles. The van der Waals surface area contributed by atoms with E-state index in [2.05, 4.69) is 10.2 Å². The fourth-order valence-electron chi connectivity index (χ4n) is 2.53. The van der Waals surface area contributed by atoms with E-state index in [1.165, 1.54) is 12.1 Å². The van der Waals surface area contributed by atoms with Crippen LogP contribution in [0.3, 0.4) is 0 Å². The number of hydrogen-bond donors (Lipinski definition) is 1. The average Bonchev–Trinajstić information content (AvgIpc) is 2.55. The van der Waals surface area contributed by atoms with Crippen LogP contribution >= 0.6 is 0 Å². The van der Waals surface area contributed by atoms with Crippen LogP contribution in [0.4, 0.5) is 24.5 Å². The van der Waals surface area contributed by atoms with Gasteiger partial charge in [-0.25, -0.2) is 0 Å². The lowest BCUT2D eigenvalue weighted by Gasteiger charge is -2.23. The molecule has 0 spiro atoms. The second-order valence-electron chi connectivity index (χ2n) is 5.80. The van der Waals surface area contributed by atoms with Crippen molar-refractivity contribution in [3.63, 3.8) is 0 Å². The number of nitrogens with one attached hydrogen (secondary N) is 1. The maximum atomic E-state index is 12.7. The molecule has 0 saturated carbocycles. The molecule has 0 saturated heterocycles. The molecule has 0 atom stereocenters. The van der Waals surface area contributed by atoms with Gasteiger partial charge in [-0.15, -0.1) is 0 Å². The predicted molar refractivity (Wildman–Crippen MR) is 93.8 cm³/mol. The zero-order valence-electron chi connectivity index (χ0n) is 14.2. The summed E-state index contributed by atoms with van der Waals surface area (Å²) in [5.41, 5.74) is 1.53. The quantitative estimate of drug-likeness (QED) is 0.806. The SMILES string of the molecule is CCN(CCC(=O)Nc1cccc(C(F)(F)F)c1)c1cccc(C)c1. The Labute approximate surface area is 145 Å². The number of anilines is 2. The van der Waals surface area contributed by atoms with Crippen LogP contribution in [0.2, 0.25) is 0 Å². The third-order valence-corrected chi connectivity index (χ3v) is 3.83. The van der Waals surface area contributed by atoms with Gasteiger partial charge in [0, 0.05) is 30.9 Å². The molecule has 0 aromatic heterocycles. The molecule has 2 aromatic rings. The van der Waals surface area contributed by atoms with E-state index in [0.717, 1.165) is 29.9 Å². The molecule has 1 amide bonds. The number of amides is 1. The average molecular weight is 350 g/mol. The lowest BCUT2D eigenvalue weighted by atomic mass is 10.2. The van der Waals surface area contributed by atoms with Gasteiger partial charge in [0.25, 0.3) is 0 Å². The number of hydrogen-bond acceptors (Lipinski definition) is 2. The van der Waals surface area contributed by atoms with E-state index in [1.54, 1.807) is 0 Å².